The highest BCUT2D eigenvalue weighted by molar-refractivity contribution is 5.75. The Balaban J connectivity index is 3.47. The SMILES string of the molecule is CCOCCNC(=O)CCC(CC)CCN. The Morgan fingerprint density at radius 2 is 2.12 bits per heavy atom. The van der Waals surface area contributed by atoms with Gasteiger partial charge in [0.05, 0.1) is 6.61 Å². The molecule has 3 N–H and O–H groups in total. The molecule has 0 aromatic carbocycles. The molecule has 0 spiro atoms. The van der Waals surface area contributed by atoms with E-state index in [1.165, 1.54) is 0 Å². The molecule has 1 amide bonds. The molecule has 0 bridgehead atoms. The Labute approximate surface area is 98.9 Å². The van der Waals surface area contributed by atoms with Crippen LogP contribution in [0.25, 0.3) is 0 Å². The highest BCUT2D eigenvalue weighted by atomic mass is 16.5. The third-order valence-corrected chi connectivity index (χ3v) is 2.70. The van der Waals surface area contributed by atoms with Crippen LogP contribution in [0.1, 0.15) is 39.5 Å². The lowest BCUT2D eigenvalue weighted by atomic mass is 9.96. The molecule has 0 saturated heterocycles. The maximum absolute atomic E-state index is 11.4. The highest BCUT2D eigenvalue weighted by Gasteiger charge is 2.08. The number of carbonyl (C=O) groups is 1. The molecule has 4 nitrogen and oxygen atoms in total. The summed E-state index contributed by atoms with van der Waals surface area (Å²) in [5.41, 5.74) is 5.51. The number of ether oxygens (including phenoxy) is 1. The van der Waals surface area contributed by atoms with Gasteiger partial charge in [-0.1, -0.05) is 13.3 Å². The van der Waals surface area contributed by atoms with Gasteiger partial charge in [-0.3, -0.25) is 4.79 Å². The molecule has 0 aliphatic heterocycles. The van der Waals surface area contributed by atoms with Crippen LogP contribution in [0.3, 0.4) is 0 Å². The van der Waals surface area contributed by atoms with Crippen molar-refractivity contribution in [1.82, 2.24) is 5.32 Å². The molecule has 0 aliphatic carbocycles. The normalized spacial score (nSPS) is 12.4. The minimum atomic E-state index is 0.121. The zero-order valence-electron chi connectivity index (χ0n) is 10.6. The van der Waals surface area contributed by atoms with E-state index in [1.54, 1.807) is 0 Å². The van der Waals surface area contributed by atoms with Gasteiger partial charge in [-0.15, -0.1) is 0 Å². The predicted molar refractivity (Wildman–Crippen MR) is 66.2 cm³/mol. The van der Waals surface area contributed by atoms with Crippen molar-refractivity contribution in [3.05, 3.63) is 0 Å². The second-order valence-electron chi connectivity index (χ2n) is 3.94. The van der Waals surface area contributed by atoms with Crippen molar-refractivity contribution in [2.75, 3.05) is 26.3 Å². The lowest BCUT2D eigenvalue weighted by Crippen LogP contribution is -2.27. The van der Waals surface area contributed by atoms with Crippen molar-refractivity contribution in [2.45, 2.75) is 39.5 Å². The van der Waals surface area contributed by atoms with Gasteiger partial charge >= 0.3 is 0 Å². The Morgan fingerprint density at radius 3 is 2.69 bits per heavy atom. The summed E-state index contributed by atoms with van der Waals surface area (Å²) in [6, 6.07) is 0. The van der Waals surface area contributed by atoms with Crippen molar-refractivity contribution >= 4 is 5.91 Å². The van der Waals surface area contributed by atoms with E-state index in [-0.39, 0.29) is 5.91 Å². The van der Waals surface area contributed by atoms with E-state index in [0.29, 0.717) is 38.6 Å². The summed E-state index contributed by atoms with van der Waals surface area (Å²) in [5.74, 6) is 0.706. The number of nitrogens with one attached hydrogen (secondary N) is 1. The molecule has 0 fully saturated rings. The zero-order chi connectivity index (χ0) is 12.2. The second kappa shape index (κ2) is 10.9. The summed E-state index contributed by atoms with van der Waals surface area (Å²) in [4.78, 5) is 11.4. The zero-order valence-corrected chi connectivity index (χ0v) is 10.6. The van der Waals surface area contributed by atoms with E-state index in [9.17, 15) is 4.79 Å². The molecule has 1 unspecified atom stereocenters. The maximum atomic E-state index is 11.4. The highest BCUT2D eigenvalue weighted by Crippen LogP contribution is 2.13. The summed E-state index contributed by atoms with van der Waals surface area (Å²) in [7, 11) is 0. The van der Waals surface area contributed by atoms with Crippen molar-refractivity contribution < 1.29 is 9.53 Å². The van der Waals surface area contributed by atoms with Crippen LogP contribution >= 0.6 is 0 Å². The smallest absolute Gasteiger partial charge is 0.220 e. The van der Waals surface area contributed by atoms with E-state index >= 15 is 0 Å². The van der Waals surface area contributed by atoms with Gasteiger partial charge in [0.1, 0.15) is 0 Å². The summed E-state index contributed by atoms with van der Waals surface area (Å²) < 4.78 is 5.14. The number of carbonyl (C=O) groups excluding carboxylic acids is 1. The molecule has 96 valence electrons. The number of hydrogen-bond acceptors (Lipinski definition) is 3. The first-order chi connectivity index (χ1) is 7.74. The first kappa shape index (κ1) is 15.4. The van der Waals surface area contributed by atoms with E-state index in [4.69, 9.17) is 10.5 Å². The number of amides is 1. The summed E-state index contributed by atoms with van der Waals surface area (Å²) >= 11 is 0. The number of nitrogens with two attached hydrogens (primary N) is 1. The van der Waals surface area contributed by atoms with E-state index in [2.05, 4.69) is 12.2 Å². The molecular formula is C12H26N2O2. The average molecular weight is 230 g/mol. The number of hydrogen-bond donors (Lipinski definition) is 2. The van der Waals surface area contributed by atoms with Crippen LogP contribution in [0, 0.1) is 5.92 Å². The largest absolute Gasteiger partial charge is 0.380 e. The monoisotopic (exact) mass is 230 g/mol. The Morgan fingerprint density at radius 1 is 1.38 bits per heavy atom. The van der Waals surface area contributed by atoms with Crippen LogP contribution in [-0.2, 0) is 9.53 Å². The van der Waals surface area contributed by atoms with E-state index < -0.39 is 0 Å². The maximum Gasteiger partial charge on any atom is 0.220 e. The minimum absolute atomic E-state index is 0.121. The molecule has 0 heterocycles. The lowest BCUT2D eigenvalue weighted by Gasteiger charge is -2.13. The molecule has 0 aliphatic rings. The van der Waals surface area contributed by atoms with Gasteiger partial charge in [0, 0.05) is 19.6 Å². The summed E-state index contributed by atoms with van der Waals surface area (Å²) in [6.07, 6.45) is 3.66. The van der Waals surface area contributed by atoms with E-state index in [1.807, 2.05) is 6.92 Å². The molecule has 0 aromatic heterocycles. The Kier molecular flexibility index (Phi) is 10.5. The Hall–Kier alpha value is -0.610. The van der Waals surface area contributed by atoms with Crippen LogP contribution < -0.4 is 11.1 Å². The third-order valence-electron chi connectivity index (χ3n) is 2.70. The first-order valence-electron chi connectivity index (χ1n) is 6.29. The molecule has 1 atom stereocenters. The van der Waals surface area contributed by atoms with Crippen LogP contribution in [0.15, 0.2) is 0 Å². The standard InChI is InChI=1S/C12H26N2O2/c1-3-11(7-8-13)5-6-12(15)14-9-10-16-4-2/h11H,3-10,13H2,1-2H3,(H,14,15). The average Bonchev–Trinajstić information content (AvgIpc) is 2.30. The Bertz CT molecular complexity index is 174. The fourth-order valence-electron chi connectivity index (χ4n) is 1.62. The molecule has 0 rings (SSSR count). The van der Waals surface area contributed by atoms with Crippen molar-refractivity contribution in [3.63, 3.8) is 0 Å². The predicted octanol–water partition coefficient (Wildman–Crippen LogP) is 1.29. The van der Waals surface area contributed by atoms with Gasteiger partial charge in [0.2, 0.25) is 5.91 Å². The van der Waals surface area contributed by atoms with Crippen LogP contribution in [0.4, 0.5) is 0 Å². The topological polar surface area (TPSA) is 64.3 Å². The second-order valence-corrected chi connectivity index (χ2v) is 3.94. The third kappa shape index (κ3) is 8.68. The van der Waals surface area contributed by atoms with Gasteiger partial charge in [0.15, 0.2) is 0 Å². The molecule has 16 heavy (non-hydrogen) atoms. The van der Waals surface area contributed by atoms with Crippen molar-refractivity contribution in [1.29, 1.82) is 0 Å². The van der Waals surface area contributed by atoms with Crippen molar-refractivity contribution in [3.8, 4) is 0 Å². The van der Waals surface area contributed by atoms with Gasteiger partial charge in [0.25, 0.3) is 0 Å². The fraction of sp³-hybridized carbons (Fsp3) is 0.917. The first-order valence-corrected chi connectivity index (χ1v) is 6.29. The number of rotatable bonds is 10. The van der Waals surface area contributed by atoms with Crippen molar-refractivity contribution in [2.24, 2.45) is 11.7 Å². The van der Waals surface area contributed by atoms with Gasteiger partial charge in [-0.05, 0) is 32.2 Å². The van der Waals surface area contributed by atoms with Gasteiger partial charge < -0.3 is 15.8 Å². The lowest BCUT2D eigenvalue weighted by molar-refractivity contribution is -0.121. The molecule has 0 saturated carbocycles. The van der Waals surface area contributed by atoms with Gasteiger partial charge in [-0.25, -0.2) is 0 Å². The fourth-order valence-corrected chi connectivity index (χ4v) is 1.62. The van der Waals surface area contributed by atoms with Crippen LogP contribution in [0.2, 0.25) is 0 Å². The van der Waals surface area contributed by atoms with Crippen LogP contribution in [-0.4, -0.2) is 32.2 Å². The molecular weight excluding hydrogens is 204 g/mol. The molecule has 0 radical (unpaired) electrons. The van der Waals surface area contributed by atoms with Gasteiger partial charge in [-0.2, -0.15) is 0 Å². The van der Waals surface area contributed by atoms with E-state index in [0.717, 1.165) is 19.3 Å². The van der Waals surface area contributed by atoms with Crippen LogP contribution in [0.5, 0.6) is 0 Å². The molecule has 0 aromatic rings. The minimum Gasteiger partial charge on any atom is -0.380 e. The molecule has 4 heteroatoms. The summed E-state index contributed by atoms with van der Waals surface area (Å²) in [6.45, 7) is 6.71. The summed E-state index contributed by atoms with van der Waals surface area (Å²) in [5, 5.41) is 2.84. The quantitative estimate of drug-likeness (QED) is 0.556.